The predicted octanol–water partition coefficient (Wildman–Crippen LogP) is 2.30. The monoisotopic (exact) mass is 299 g/mol. The van der Waals surface area contributed by atoms with Crippen molar-refractivity contribution in [2.24, 2.45) is 10.2 Å². The Bertz CT molecular complexity index is 656. The van der Waals surface area contributed by atoms with Gasteiger partial charge in [-0.2, -0.15) is 10.1 Å². The van der Waals surface area contributed by atoms with Gasteiger partial charge in [0, 0.05) is 24.8 Å². The molecule has 1 aromatic heterocycles. The fraction of sp³-hybridized carbons (Fsp3) is 0.333. The van der Waals surface area contributed by atoms with Gasteiger partial charge in [0.05, 0.1) is 19.8 Å². The highest BCUT2D eigenvalue weighted by Crippen LogP contribution is 2.18. The molecule has 1 aromatic carbocycles. The van der Waals surface area contributed by atoms with Crippen molar-refractivity contribution in [2.45, 2.75) is 6.54 Å². The summed E-state index contributed by atoms with van der Waals surface area (Å²) in [5.41, 5.74) is 0.718. The number of ether oxygens (including phenoxy) is 1. The van der Waals surface area contributed by atoms with Gasteiger partial charge in [0.1, 0.15) is 11.6 Å². The van der Waals surface area contributed by atoms with Gasteiger partial charge in [0.25, 0.3) is 5.95 Å². The molecule has 0 unspecified atom stereocenters. The summed E-state index contributed by atoms with van der Waals surface area (Å²) in [6.45, 7) is 3.32. The second-order valence-electron chi connectivity index (χ2n) is 4.84. The van der Waals surface area contributed by atoms with Crippen LogP contribution in [0.1, 0.15) is 5.56 Å². The number of hydrogen-bond acceptors (Lipinski definition) is 7. The van der Waals surface area contributed by atoms with E-state index in [9.17, 15) is 5.11 Å². The third-order valence-corrected chi connectivity index (χ3v) is 3.36. The maximum atomic E-state index is 9.67. The highest BCUT2D eigenvalue weighted by Gasteiger charge is 2.12. The topological polar surface area (TPSA) is 83.2 Å². The van der Waals surface area contributed by atoms with Crippen LogP contribution >= 0.6 is 0 Å². The number of morpholine rings is 1. The largest absolute Gasteiger partial charge is 0.508 e. The van der Waals surface area contributed by atoms with Gasteiger partial charge in [-0.15, -0.1) is 5.11 Å². The molecule has 2 aromatic rings. The van der Waals surface area contributed by atoms with Crippen molar-refractivity contribution < 1.29 is 9.84 Å². The molecular formula is C15H17N5O2. The first-order valence-corrected chi connectivity index (χ1v) is 7.13. The molecule has 2 heterocycles. The zero-order chi connectivity index (χ0) is 15.2. The van der Waals surface area contributed by atoms with Crippen LogP contribution in [0.3, 0.4) is 0 Å². The fourth-order valence-electron chi connectivity index (χ4n) is 2.18. The number of aromatic nitrogens is 2. The minimum atomic E-state index is 0.212. The maximum absolute atomic E-state index is 9.67. The van der Waals surface area contributed by atoms with Gasteiger partial charge in [-0.25, -0.2) is 4.98 Å². The van der Waals surface area contributed by atoms with Crippen LogP contribution in [-0.4, -0.2) is 41.4 Å². The summed E-state index contributed by atoms with van der Waals surface area (Å²) in [5, 5.41) is 17.8. The SMILES string of the molecule is Oc1ccccc1CN=Nc1nccc(N2CCOCC2)n1. The molecule has 0 atom stereocenters. The standard InChI is InChI=1S/C15H17N5O2/c21-13-4-2-1-3-12(13)11-17-19-15-16-6-5-14(18-15)20-7-9-22-10-8-20/h1-6,21H,7-11H2. The van der Waals surface area contributed by atoms with E-state index in [0.717, 1.165) is 24.5 Å². The quantitative estimate of drug-likeness (QED) is 0.876. The van der Waals surface area contributed by atoms with Gasteiger partial charge >= 0.3 is 0 Å². The van der Waals surface area contributed by atoms with Crippen LogP contribution in [0.5, 0.6) is 5.75 Å². The summed E-state index contributed by atoms with van der Waals surface area (Å²) < 4.78 is 5.33. The van der Waals surface area contributed by atoms with Crippen molar-refractivity contribution in [3.63, 3.8) is 0 Å². The minimum absolute atomic E-state index is 0.212. The van der Waals surface area contributed by atoms with Gasteiger partial charge < -0.3 is 14.7 Å². The number of azo groups is 1. The Morgan fingerprint density at radius 2 is 2.00 bits per heavy atom. The second-order valence-corrected chi connectivity index (χ2v) is 4.84. The third kappa shape index (κ3) is 3.56. The van der Waals surface area contributed by atoms with E-state index in [0.29, 0.717) is 19.2 Å². The van der Waals surface area contributed by atoms with Crippen LogP contribution in [0.15, 0.2) is 46.8 Å². The number of aromatic hydroxyl groups is 1. The summed E-state index contributed by atoms with van der Waals surface area (Å²) in [6, 6.07) is 8.90. The Morgan fingerprint density at radius 3 is 2.82 bits per heavy atom. The van der Waals surface area contributed by atoms with E-state index in [-0.39, 0.29) is 12.3 Å². The molecule has 114 valence electrons. The van der Waals surface area contributed by atoms with Gasteiger partial charge in [0.2, 0.25) is 0 Å². The molecule has 1 aliphatic rings. The van der Waals surface area contributed by atoms with Gasteiger partial charge in [-0.05, 0) is 12.1 Å². The predicted molar refractivity (Wildman–Crippen MR) is 81.4 cm³/mol. The van der Waals surface area contributed by atoms with E-state index in [1.54, 1.807) is 24.4 Å². The Kier molecular flexibility index (Phi) is 4.55. The highest BCUT2D eigenvalue weighted by molar-refractivity contribution is 5.40. The van der Waals surface area contributed by atoms with E-state index < -0.39 is 0 Å². The van der Waals surface area contributed by atoms with Crippen molar-refractivity contribution in [1.82, 2.24) is 9.97 Å². The van der Waals surface area contributed by atoms with E-state index in [4.69, 9.17) is 4.74 Å². The Hall–Kier alpha value is -2.54. The van der Waals surface area contributed by atoms with Crippen LogP contribution in [0, 0.1) is 0 Å². The van der Waals surface area contributed by atoms with Crippen molar-refractivity contribution in [2.75, 3.05) is 31.2 Å². The van der Waals surface area contributed by atoms with Crippen LogP contribution in [0.4, 0.5) is 11.8 Å². The Morgan fingerprint density at radius 1 is 1.18 bits per heavy atom. The number of benzene rings is 1. The molecule has 1 aliphatic heterocycles. The van der Waals surface area contributed by atoms with Crippen LogP contribution in [0.2, 0.25) is 0 Å². The first-order chi connectivity index (χ1) is 10.8. The summed E-state index contributed by atoms with van der Waals surface area (Å²) in [4.78, 5) is 10.6. The number of para-hydroxylation sites is 1. The number of rotatable bonds is 4. The van der Waals surface area contributed by atoms with Crippen molar-refractivity contribution >= 4 is 11.8 Å². The number of nitrogens with zero attached hydrogens (tertiary/aromatic N) is 5. The zero-order valence-electron chi connectivity index (χ0n) is 12.1. The maximum Gasteiger partial charge on any atom is 0.270 e. The summed E-state index contributed by atoms with van der Waals surface area (Å²) >= 11 is 0. The fourth-order valence-corrected chi connectivity index (χ4v) is 2.18. The van der Waals surface area contributed by atoms with Gasteiger partial charge in [-0.3, -0.25) is 0 Å². The lowest BCUT2D eigenvalue weighted by Gasteiger charge is -2.27. The average molecular weight is 299 g/mol. The lowest BCUT2D eigenvalue weighted by molar-refractivity contribution is 0.122. The first kappa shape index (κ1) is 14.4. The summed E-state index contributed by atoms with van der Waals surface area (Å²) in [5.74, 6) is 1.36. The average Bonchev–Trinajstić information content (AvgIpc) is 2.58. The Balaban J connectivity index is 1.67. The van der Waals surface area contributed by atoms with E-state index >= 15 is 0 Å². The van der Waals surface area contributed by atoms with E-state index in [1.165, 1.54) is 0 Å². The molecular weight excluding hydrogens is 282 g/mol. The number of phenols is 1. The molecule has 22 heavy (non-hydrogen) atoms. The first-order valence-electron chi connectivity index (χ1n) is 7.13. The molecule has 1 N–H and O–H groups in total. The van der Waals surface area contributed by atoms with Crippen molar-refractivity contribution in [1.29, 1.82) is 0 Å². The molecule has 0 aliphatic carbocycles. The zero-order valence-corrected chi connectivity index (χ0v) is 12.1. The van der Waals surface area contributed by atoms with E-state index in [2.05, 4.69) is 25.1 Å². The van der Waals surface area contributed by atoms with Crippen LogP contribution < -0.4 is 4.90 Å². The van der Waals surface area contributed by atoms with E-state index in [1.807, 2.05) is 12.1 Å². The number of hydrogen-bond donors (Lipinski definition) is 1. The van der Waals surface area contributed by atoms with Crippen LogP contribution in [0.25, 0.3) is 0 Å². The van der Waals surface area contributed by atoms with Crippen LogP contribution in [-0.2, 0) is 11.3 Å². The molecule has 0 bridgehead atoms. The summed E-state index contributed by atoms with van der Waals surface area (Å²) in [6.07, 6.45) is 1.67. The lowest BCUT2D eigenvalue weighted by Crippen LogP contribution is -2.36. The van der Waals surface area contributed by atoms with Crippen molar-refractivity contribution in [3.05, 3.63) is 42.1 Å². The molecule has 3 rings (SSSR count). The molecule has 0 amide bonds. The molecule has 0 radical (unpaired) electrons. The lowest BCUT2D eigenvalue weighted by atomic mass is 10.2. The normalized spacial score (nSPS) is 15.4. The number of anilines is 1. The molecule has 1 saturated heterocycles. The second kappa shape index (κ2) is 6.95. The van der Waals surface area contributed by atoms with Gasteiger partial charge in [-0.1, -0.05) is 18.2 Å². The summed E-state index contributed by atoms with van der Waals surface area (Å²) in [7, 11) is 0. The molecule has 0 spiro atoms. The molecule has 0 saturated carbocycles. The molecule has 1 fully saturated rings. The highest BCUT2D eigenvalue weighted by atomic mass is 16.5. The number of phenolic OH excluding ortho intramolecular Hbond substituents is 1. The minimum Gasteiger partial charge on any atom is -0.508 e. The Labute approximate surface area is 128 Å². The third-order valence-electron chi connectivity index (χ3n) is 3.36. The molecule has 7 nitrogen and oxygen atoms in total. The van der Waals surface area contributed by atoms with Crippen molar-refractivity contribution in [3.8, 4) is 5.75 Å². The molecule has 7 heteroatoms. The van der Waals surface area contributed by atoms with Gasteiger partial charge in [0.15, 0.2) is 0 Å². The smallest absolute Gasteiger partial charge is 0.270 e.